The SMILES string of the molecule is CC(C)CCn1c(COc2ccccc2)nnc1SCCN1C(=O)c2ccccc2C1=O. The molecule has 0 fully saturated rings. The number of rotatable bonds is 10. The van der Waals surface area contributed by atoms with Crippen LogP contribution in [0.2, 0.25) is 0 Å². The third kappa shape index (κ3) is 4.85. The number of carbonyl (C=O) groups is 2. The third-order valence-electron chi connectivity index (χ3n) is 5.26. The minimum Gasteiger partial charge on any atom is -0.486 e. The maximum atomic E-state index is 12.6. The zero-order valence-electron chi connectivity index (χ0n) is 18.2. The molecule has 166 valence electrons. The minimum atomic E-state index is -0.232. The van der Waals surface area contributed by atoms with Crippen LogP contribution in [-0.4, -0.2) is 43.8 Å². The van der Waals surface area contributed by atoms with Gasteiger partial charge in [-0.05, 0) is 36.6 Å². The molecule has 0 spiro atoms. The molecule has 7 nitrogen and oxygen atoms in total. The first-order valence-corrected chi connectivity index (χ1v) is 11.7. The Morgan fingerprint density at radius 3 is 2.22 bits per heavy atom. The predicted octanol–water partition coefficient (Wildman–Crippen LogP) is 4.29. The fraction of sp³-hybridized carbons (Fsp3) is 0.333. The van der Waals surface area contributed by atoms with Gasteiger partial charge in [0.1, 0.15) is 12.4 Å². The molecule has 1 aromatic heterocycles. The van der Waals surface area contributed by atoms with Crippen LogP contribution in [0.5, 0.6) is 5.75 Å². The Bertz CT molecular complexity index is 1060. The van der Waals surface area contributed by atoms with E-state index in [1.54, 1.807) is 24.3 Å². The van der Waals surface area contributed by atoms with E-state index in [2.05, 4.69) is 28.6 Å². The number of nitrogens with zero attached hydrogens (tertiary/aromatic N) is 4. The van der Waals surface area contributed by atoms with Crippen molar-refractivity contribution in [2.45, 2.75) is 38.6 Å². The molecule has 0 unspecified atom stereocenters. The molecular formula is C24H26N4O3S. The quantitative estimate of drug-likeness (QED) is 0.339. The van der Waals surface area contributed by atoms with Crippen molar-refractivity contribution in [1.82, 2.24) is 19.7 Å². The molecule has 2 amide bonds. The van der Waals surface area contributed by atoms with Crippen LogP contribution in [0.1, 0.15) is 46.8 Å². The van der Waals surface area contributed by atoms with Crippen molar-refractivity contribution in [2.75, 3.05) is 12.3 Å². The van der Waals surface area contributed by atoms with Crippen LogP contribution < -0.4 is 4.74 Å². The summed E-state index contributed by atoms with van der Waals surface area (Å²) in [4.78, 5) is 26.4. The van der Waals surface area contributed by atoms with Crippen molar-refractivity contribution in [1.29, 1.82) is 0 Å². The zero-order chi connectivity index (χ0) is 22.5. The molecule has 3 aromatic rings. The molecule has 2 aromatic carbocycles. The Morgan fingerprint density at radius 1 is 0.906 bits per heavy atom. The highest BCUT2D eigenvalue weighted by molar-refractivity contribution is 7.99. The monoisotopic (exact) mass is 450 g/mol. The average Bonchev–Trinajstić information content (AvgIpc) is 3.30. The number of carbonyl (C=O) groups excluding carboxylic acids is 2. The summed E-state index contributed by atoms with van der Waals surface area (Å²) in [5, 5.41) is 9.47. The topological polar surface area (TPSA) is 77.3 Å². The van der Waals surface area contributed by atoms with Gasteiger partial charge in [-0.3, -0.25) is 14.5 Å². The lowest BCUT2D eigenvalue weighted by Gasteiger charge is -2.14. The van der Waals surface area contributed by atoms with Gasteiger partial charge in [-0.1, -0.05) is 55.9 Å². The van der Waals surface area contributed by atoms with Gasteiger partial charge in [0.15, 0.2) is 11.0 Å². The lowest BCUT2D eigenvalue weighted by molar-refractivity contribution is 0.0664. The third-order valence-corrected chi connectivity index (χ3v) is 6.21. The van der Waals surface area contributed by atoms with Crippen molar-refractivity contribution < 1.29 is 14.3 Å². The van der Waals surface area contributed by atoms with Gasteiger partial charge in [-0.15, -0.1) is 10.2 Å². The van der Waals surface area contributed by atoms with E-state index in [4.69, 9.17) is 4.74 Å². The minimum absolute atomic E-state index is 0.232. The second kappa shape index (κ2) is 9.99. The van der Waals surface area contributed by atoms with Crippen LogP contribution in [0, 0.1) is 5.92 Å². The summed E-state index contributed by atoms with van der Waals surface area (Å²) in [6, 6.07) is 16.6. The summed E-state index contributed by atoms with van der Waals surface area (Å²) in [6.45, 7) is 5.80. The summed E-state index contributed by atoms with van der Waals surface area (Å²) >= 11 is 1.50. The molecule has 0 saturated heterocycles. The lowest BCUT2D eigenvalue weighted by atomic mass is 10.1. The van der Waals surface area contributed by atoms with E-state index < -0.39 is 0 Å². The van der Waals surface area contributed by atoms with E-state index in [9.17, 15) is 9.59 Å². The normalized spacial score (nSPS) is 13.2. The Balaban J connectivity index is 1.41. The van der Waals surface area contributed by atoms with Crippen molar-refractivity contribution in [2.24, 2.45) is 5.92 Å². The van der Waals surface area contributed by atoms with Crippen LogP contribution in [-0.2, 0) is 13.2 Å². The van der Waals surface area contributed by atoms with E-state index in [1.165, 1.54) is 16.7 Å². The van der Waals surface area contributed by atoms with Gasteiger partial charge in [0.25, 0.3) is 11.8 Å². The highest BCUT2D eigenvalue weighted by Crippen LogP contribution is 2.25. The summed E-state index contributed by atoms with van der Waals surface area (Å²) in [5.74, 6) is 2.17. The van der Waals surface area contributed by atoms with Crippen LogP contribution in [0.15, 0.2) is 59.8 Å². The standard InChI is InChI=1S/C24H26N4O3S/c1-17(2)12-13-27-21(16-31-18-8-4-3-5-9-18)25-26-24(27)32-15-14-28-22(29)19-10-6-7-11-20(19)23(28)30/h3-11,17H,12-16H2,1-2H3. The van der Waals surface area contributed by atoms with Gasteiger partial charge in [-0.2, -0.15) is 0 Å². The largest absolute Gasteiger partial charge is 0.486 e. The Kier molecular flexibility index (Phi) is 6.90. The second-order valence-corrected chi connectivity index (χ2v) is 9.05. The number of thioether (sulfide) groups is 1. The molecule has 1 aliphatic heterocycles. The highest BCUT2D eigenvalue weighted by Gasteiger charge is 2.34. The fourth-order valence-electron chi connectivity index (χ4n) is 3.48. The number of benzene rings is 2. The smallest absolute Gasteiger partial charge is 0.261 e. The van der Waals surface area contributed by atoms with E-state index >= 15 is 0 Å². The first-order valence-electron chi connectivity index (χ1n) is 10.7. The molecule has 0 bridgehead atoms. The molecule has 0 saturated carbocycles. The first kappa shape index (κ1) is 22.1. The summed E-state index contributed by atoms with van der Waals surface area (Å²) in [7, 11) is 0. The number of aromatic nitrogens is 3. The van der Waals surface area contributed by atoms with E-state index in [0.29, 0.717) is 35.9 Å². The molecule has 1 aliphatic rings. The van der Waals surface area contributed by atoms with Crippen molar-refractivity contribution in [3.63, 3.8) is 0 Å². The first-order chi connectivity index (χ1) is 15.5. The molecule has 0 radical (unpaired) electrons. The van der Waals surface area contributed by atoms with Crippen molar-refractivity contribution in [3.05, 3.63) is 71.5 Å². The highest BCUT2D eigenvalue weighted by atomic mass is 32.2. The predicted molar refractivity (Wildman–Crippen MR) is 123 cm³/mol. The molecule has 0 atom stereocenters. The molecule has 0 aliphatic carbocycles. The molecular weight excluding hydrogens is 424 g/mol. The number of amides is 2. The van der Waals surface area contributed by atoms with Gasteiger partial charge >= 0.3 is 0 Å². The summed E-state index contributed by atoms with van der Waals surface area (Å²) < 4.78 is 7.95. The van der Waals surface area contributed by atoms with Crippen LogP contribution >= 0.6 is 11.8 Å². The number of fused-ring (bicyclic) bond motifs is 1. The van der Waals surface area contributed by atoms with Gasteiger partial charge < -0.3 is 9.30 Å². The van der Waals surface area contributed by atoms with E-state index in [1.807, 2.05) is 30.3 Å². The van der Waals surface area contributed by atoms with Crippen LogP contribution in [0.3, 0.4) is 0 Å². The molecule has 8 heteroatoms. The number of hydrogen-bond acceptors (Lipinski definition) is 6. The average molecular weight is 451 g/mol. The number of imide groups is 1. The zero-order valence-corrected chi connectivity index (χ0v) is 19.0. The lowest BCUT2D eigenvalue weighted by Crippen LogP contribution is -2.31. The maximum Gasteiger partial charge on any atom is 0.261 e. The Morgan fingerprint density at radius 2 is 1.56 bits per heavy atom. The van der Waals surface area contributed by atoms with Gasteiger partial charge in [-0.25, -0.2) is 0 Å². The molecule has 2 heterocycles. The Hall–Kier alpha value is -3.13. The van der Waals surface area contributed by atoms with Gasteiger partial charge in [0.2, 0.25) is 0 Å². The number of ether oxygens (including phenoxy) is 1. The van der Waals surface area contributed by atoms with Crippen molar-refractivity contribution in [3.8, 4) is 5.75 Å². The van der Waals surface area contributed by atoms with Crippen molar-refractivity contribution >= 4 is 23.6 Å². The van der Waals surface area contributed by atoms with E-state index in [0.717, 1.165) is 29.7 Å². The maximum absolute atomic E-state index is 12.6. The molecule has 32 heavy (non-hydrogen) atoms. The van der Waals surface area contributed by atoms with E-state index in [-0.39, 0.29) is 11.8 Å². The van der Waals surface area contributed by atoms with Crippen LogP contribution in [0.4, 0.5) is 0 Å². The number of hydrogen-bond donors (Lipinski definition) is 0. The fourth-order valence-corrected chi connectivity index (χ4v) is 4.39. The number of para-hydroxylation sites is 1. The molecule has 4 rings (SSSR count). The van der Waals surface area contributed by atoms with Gasteiger partial charge in [0, 0.05) is 18.8 Å². The van der Waals surface area contributed by atoms with Crippen LogP contribution in [0.25, 0.3) is 0 Å². The Labute approximate surface area is 191 Å². The summed E-state index contributed by atoms with van der Waals surface area (Å²) in [6.07, 6.45) is 0.988. The van der Waals surface area contributed by atoms with Gasteiger partial charge in [0.05, 0.1) is 11.1 Å². The second-order valence-electron chi connectivity index (χ2n) is 7.99. The molecule has 0 N–H and O–H groups in total. The summed E-state index contributed by atoms with van der Waals surface area (Å²) in [5.41, 5.74) is 0.950.